The predicted molar refractivity (Wildman–Crippen MR) is 58.5 cm³/mol. The molecule has 2 rings (SSSR count). The summed E-state index contributed by atoms with van der Waals surface area (Å²) in [6, 6.07) is 0. The topological polar surface area (TPSA) is 41.3 Å². The second-order valence-corrected chi connectivity index (χ2v) is 4.43. The molecule has 1 aromatic heterocycles. The van der Waals surface area contributed by atoms with Crippen LogP contribution in [-0.4, -0.2) is 45.3 Å². The molecule has 84 valence electrons. The Morgan fingerprint density at radius 2 is 2.33 bits per heavy atom. The summed E-state index contributed by atoms with van der Waals surface area (Å²) in [4.78, 5) is 6.33. The van der Waals surface area contributed by atoms with Crippen LogP contribution in [0.2, 0.25) is 0 Å². The molecule has 2 atom stereocenters. The molecule has 1 N–H and O–H groups in total. The minimum absolute atomic E-state index is 0.151. The van der Waals surface area contributed by atoms with Crippen LogP contribution in [0, 0.1) is 5.92 Å². The fourth-order valence-corrected chi connectivity index (χ4v) is 1.99. The number of imidazole rings is 1. The average molecular weight is 209 g/mol. The maximum absolute atomic E-state index is 9.74. The minimum Gasteiger partial charge on any atom is -0.392 e. The SMILES string of the molecule is CC1CCN(CCn2ccnc2)CC1O. The lowest BCUT2D eigenvalue weighted by Crippen LogP contribution is -2.43. The first-order valence-electron chi connectivity index (χ1n) is 5.62. The van der Waals surface area contributed by atoms with Crippen LogP contribution in [0.4, 0.5) is 0 Å². The first-order chi connectivity index (χ1) is 7.25. The molecule has 4 nitrogen and oxygen atoms in total. The van der Waals surface area contributed by atoms with Gasteiger partial charge in [0.2, 0.25) is 0 Å². The fraction of sp³-hybridized carbons (Fsp3) is 0.727. The van der Waals surface area contributed by atoms with Crippen LogP contribution >= 0.6 is 0 Å². The first kappa shape index (κ1) is 10.6. The monoisotopic (exact) mass is 209 g/mol. The summed E-state index contributed by atoms with van der Waals surface area (Å²) < 4.78 is 2.07. The molecule has 2 unspecified atom stereocenters. The van der Waals surface area contributed by atoms with Gasteiger partial charge in [0.1, 0.15) is 0 Å². The van der Waals surface area contributed by atoms with E-state index in [0.717, 1.165) is 32.6 Å². The van der Waals surface area contributed by atoms with Gasteiger partial charge in [0.15, 0.2) is 0 Å². The van der Waals surface area contributed by atoms with Crippen LogP contribution < -0.4 is 0 Å². The van der Waals surface area contributed by atoms with Gasteiger partial charge in [0.25, 0.3) is 0 Å². The molecule has 2 heterocycles. The van der Waals surface area contributed by atoms with Gasteiger partial charge in [-0.15, -0.1) is 0 Å². The Kier molecular flexibility index (Phi) is 3.38. The van der Waals surface area contributed by atoms with Crippen LogP contribution in [0.5, 0.6) is 0 Å². The number of aromatic nitrogens is 2. The van der Waals surface area contributed by atoms with E-state index in [4.69, 9.17) is 0 Å². The Bertz CT molecular complexity index is 286. The summed E-state index contributed by atoms with van der Waals surface area (Å²) >= 11 is 0. The van der Waals surface area contributed by atoms with Crippen molar-refractivity contribution in [2.24, 2.45) is 5.92 Å². The first-order valence-corrected chi connectivity index (χ1v) is 5.62. The normalized spacial score (nSPS) is 28.1. The van der Waals surface area contributed by atoms with E-state index in [0.29, 0.717) is 5.92 Å². The lowest BCUT2D eigenvalue weighted by molar-refractivity contribution is 0.0280. The molecular weight excluding hydrogens is 190 g/mol. The third kappa shape index (κ3) is 2.79. The highest BCUT2D eigenvalue weighted by Crippen LogP contribution is 2.16. The molecule has 0 bridgehead atoms. The smallest absolute Gasteiger partial charge is 0.0946 e. The number of hydrogen-bond donors (Lipinski definition) is 1. The number of nitrogens with zero attached hydrogens (tertiary/aromatic N) is 3. The molecule has 0 radical (unpaired) electrons. The van der Waals surface area contributed by atoms with E-state index in [-0.39, 0.29) is 6.10 Å². The quantitative estimate of drug-likeness (QED) is 0.792. The van der Waals surface area contributed by atoms with Gasteiger partial charge in [0, 0.05) is 32.0 Å². The Labute approximate surface area is 90.5 Å². The van der Waals surface area contributed by atoms with E-state index >= 15 is 0 Å². The van der Waals surface area contributed by atoms with Crippen LogP contribution in [0.3, 0.4) is 0 Å². The minimum atomic E-state index is -0.151. The highest BCUT2D eigenvalue weighted by molar-refractivity contribution is 4.79. The van der Waals surface area contributed by atoms with Crippen molar-refractivity contribution in [1.82, 2.24) is 14.5 Å². The van der Waals surface area contributed by atoms with E-state index in [1.54, 1.807) is 6.20 Å². The van der Waals surface area contributed by atoms with Crippen molar-refractivity contribution >= 4 is 0 Å². The summed E-state index contributed by atoms with van der Waals surface area (Å²) in [7, 11) is 0. The predicted octanol–water partition coefficient (Wildman–Crippen LogP) is 0.586. The van der Waals surface area contributed by atoms with E-state index in [1.165, 1.54) is 0 Å². The summed E-state index contributed by atoms with van der Waals surface area (Å²) in [5.74, 6) is 0.453. The van der Waals surface area contributed by atoms with Gasteiger partial charge >= 0.3 is 0 Å². The average Bonchev–Trinajstić information content (AvgIpc) is 2.73. The maximum atomic E-state index is 9.74. The molecule has 0 amide bonds. The van der Waals surface area contributed by atoms with Gasteiger partial charge in [-0.2, -0.15) is 0 Å². The van der Waals surface area contributed by atoms with Crippen molar-refractivity contribution in [1.29, 1.82) is 0 Å². The van der Waals surface area contributed by atoms with Crippen molar-refractivity contribution in [3.63, 3.8) is 0 Å². The van der Waals surface area contributed by atoms with Gasteiger partial charge in [-0.1, -0.05) is 6.92 Å². The van der Waals surface area contributed by atoms with Crippen LogP contribution in [0.15, 0.2) is 18.7 Å². The highest BCUT2D eigenvalue weighted by atomic mass is 16.3. The Morgan fingerprint density at radius 3 is 3.00 bits per heavy atom. The van der Waals surface area contributed by atoms with Crippen LogP contribution in [-0.2, 0) is 6.54 Å². The number of likely N-dealkylation sites (tertiary alicyclic amines) is 1. The molecular formula is C11H19N3O. The standard InChI is InChI=1S/C11H19N3O/c1-10-2-4-13(8-11(10)15)6-7-14-5-3-12-9-14/h3,5,9-11,15H,2,4,6-8H2,1H3. The molecule has 1 fully saturated rings. The zero-order valence-corrected chi connectivity index (χ0v) is 9.21. The van der Waals surface area contributed by atoms with Gasteiger partial charge in [-0.05, 0) is 18.9 Å². The zero-order chi connectivity index (χ0) is 10.7. The summed E-state index contributed by atoms with van der Waals surface area (Å²) in [6.07, 6.45) is 6.56. The largest absolute Gasteiger partial charge is 0.392 e. The van der Waals surface area contributed by atoms with Crippen LogP contribution in [0.1, 0.15) is 13.3 Å². The number of aliphatic hydroxyl groups is 1. The molecule has 0 aliphatic carbocycles. The van der Waals surface area contributed by atoms with Crippen molar-refractivity contribution in [3.8, 4) is 0 Å². The van der Waals surface area contributed by atoms with Crippen molar-refractivity contribution in [2.75, 3.05) is 19.6 Å². The van der Waals surface area contributed by atoms with E-state index in [2.05, 4.69) is 21.4 Å². The molecule has 1 aliphatic heterocycles. The Hall–Kier alpha value is -0.870. The number of β-amino-alcohol motifs (C(OH)–C–C–N with tert-alkyl or cyclic N) is 1. The third-order valence-electron chi connectivity index (χ3n) is 3.24. The van der Waals surface area contributed by atoms with Gasteiger partial charge in [-0.25, -0.2) is 4.98 Å². The van der Waals surface area contributed by atoms with E-state index < -0.39 is 0 Å². The maximum Gasteiger partial charge on any atom is 0.0946 e. The molecule has 1 aliphatic rings. The van der Waals surface area contributed by atoms with Crippen molar-refractivity contribution < 1.29 is 5.11 Å². The number of rotatable bonds is 3. The summed E-state index contributed by atoms with van der Waals surface area (Å²) in [5.41, 5.74) is 0. The molecule has 1 aromatic rings. The van der Waals surface area contributed by atoms with Crippen molar-refractivity contribution in [3.05, 3.63) is 18.7 Å². The summed E-state index contributed by atoms with van der Waals surface area (Å²) in [5, 5.41) is 9.74. The molecule has 4 heteroatoms. The van der Waals surface area contributed by atoms with E-state index in [9.17, 15) is 5.11 Å². The van der Waals surface area contributed by atoms with Gasteiger partial charge in [-0.3, -0.25) is 4.90 Å². The van der Waals surface area contributed by atoms with E-state index in [1.807, 2.05) is 12.5 Å². The third-order valence-corrected chi connectivity index (χ3v) is 3.24. The Morgan fingerprint density at radius 1 is 1.47 bits per heavy atom. The summed E-state index contributed by atoms with van der Waals surface area (Å²) in [6.45, 7) is 6.00. The Balaban J connectivity index is 1.76. The van der Waals surface area contributed by atoms with Crippen molar-refractivity contribution in [2.45, 2.75) is 26.0 Å². The fourth-order valence-electron chi connectivity index (χ4n) is 1.99. The van der Waals surface area contributed by atoms with Crippen LogP contribution in [0.25, 0.3) is 0 Å². The second-order valence-electron chi connectivity index (χ2n) is 4.43. The molecule has 1 saturated heterocycles. The molecule has 0 spiro atoms. The highest BCUT2D eigenvalue weighted by Gasteiger charge is 2.23. The lowest BCUT2D eigenvalue weighted by atomic mass is 9.96. The second kappa shape index (κ2) is 4.77. The number of hydrogen-bond acceptors (Lipinski definition) is 3. The molecule has 0 aromatic carbocycles. The lowest BCUT2D eigenvalue weighted by Gasteiger charge is -2.34. The number of aliphatic hydroxyl groups excluding tert-OH is 1. The van der Waals surface area contributed by atoms with Gasteiger partial charge < -0.3 is 9.67 Å². The van der Waals surface area contributed by atoms with Gasteiger partial charge in [0.05, 0.1) is 12.4 Å². The molecule has 15 heavy (non-hydrogen) atoms. The zero-order valence-electron chi connectivity index (χ0n) is 9.21. The molecule has 0 saturated carbocycles. The number of piperidine rings is 1.